The van der Waals surface area contributed by atoms with Crippen molar-refractivity contribution in [2.45, 2.75) is 59.0 Å². The lowest BCUT2D eigenvalue weighted by Crippen LogP contribution is -2.48. The summed E-state index contributed by atoms with van der Waals surface area (Å²) in [5, 5.41) is 3.57. The first-order valence-electron chi connectivity index (χ1n) is 8.25. The Morgan fingerprint density at radius 3 is 2.58 bits per heavy atom. The molecule has 114 valence electrons. The molecule has 1 saturated heterocycles. The minimum atomic E-state index is 0.681. The van der Waals surface area contributed by atoms with E-state index in [2.05, 4.69) is 49.9 Å². The first kappa shape index (κ1) is 16.9. The third-order valence-corrected chi connectivity index (χ3v) is 4.66. The fraction of sp³-hybridized carbons (Fsp3) is 1.00. The fourth-order valence-electron chi connectivity index (χ4n) is 3.17. The molecule has 1 fully saturated rings. The molecule has 1 aliphatic rings. The van der Waals surface area contributed by atoms with Gasteiger partial charge in [-0.05, 0) is 65.3 Å². The molecule has 3 nitrogen and oxygen atoms in total. The second kappa shape index (κ2) is 8.93. The maximum Gasteiger partial charge on any atom is 0.0223 e. The Hall–Kier alpha value is -0.120. The van der Waals surface area contributed by atoms with Crippen molar-refractivity contribution in [1.82, 2.24) is 15.1 Å². The van der Waals surface area contributed by atoms with E-state index in [4.69, 9.17) is 0 Å². The average Bonchev–Trinajstić information content (AvgIpc) is 2.59. The Morgan fingerprint density at radius 2 is 1.95 bits per heavy atom. The number of likely N-dealkylation sites (N-methyl/N-ethyl adjacent to an activating group) is 1. The molecule has 0 aromatic rings. The Kier molecular flexibility index (Phi) is 7.96. The lowest BCUT2D eigenvalue weighted by molar-refractivity contribution is 0.103. The number of hydrogen-bond donors (Lipinski definition) is 1. The summed E-state index contributed by atoms with van der Waals surface area (Å²) in [7, 11) is 2.27. The lowest BCUT2D eigenvalue weighted by Gasteiger charge is -2.38. The maximum absolute atomic E-state index is 3.57. The topological polar surface area (TPSA) is 18.5 Å². The van der Waals surface area contributed by atoms with Crippen LogP contribution in [-0.2, 0) is 0 Å². The normalized spacial score (nSPS) is 26.1. The SMILES string of the molecule is CCCNCC(C)C(C)N1CCCN(C)CC1CC. The van der Waals surface area contributed by atoms with Crippen LogP contribution in [0.4, 0.5) is 0 Å². The van der Waals surface area contributed by atoms with Crippen LogP contribution in [0.3, 0.4) is 0 Å². The summed E-state index contributed by atoms with van der Waals surface area (Å²) in [5.41, 5.74) is 0. The molecule has 0 amide bonds. The quantitative estimate of drug-likeness (QED) is 0.716. The van der Waals surface area contributed by atoms with Crippen LogP contribution in [-0.4, -0.2) is 61.7 Å². The van der Waals surface area contributed by atoms with E-state index < -0.39 is 0 Å². The summed E-state index contributed by atoms with van der Waals surface area (Å²) in [4.78, 5) is 5.27. The van der Waals surface area contributed by atoms with Crippen molar-refractivity contribution in [1.29, 1.82) is 0 Å². The zero-order chi connectivity index (χ0) is 14.3. The molecule has 0 aromatic carbocycles. The van der Waals surface area contributed by atoms with Crippen molar-refractivity contribution in [3.05, 3.63) is 0 Å². The highest BCUT2D eigenvalue weighted by Gasteiger charge is 2.28. The van der Waals surface area contributed by atoms with E-state index in [1.165, 1.54) is 38.9 Å². The molecule has 3 unspecified atom stereocenters. The van der Waals surface area contributed by atoms with Gasteiger partial charge in [0.2, 0.25) is 0 Å². The molecule has 1 aliphatic heterocycles. The van der Waals surface area contributed by atoms with Gasteiger partial charge in [-0.2, -0.15) is 0 Å². The van der Waals surface area contributed by atoms with Crippen LogP contribution in [0, 0.1) is 5.92 Å². The third kappa shape index (κ3) is 5.41. The number of nitrogens with one attached hydrogen (secondary N) is 1. The van der Waals surface area contributed by atoms with Gasteiger partial charge in [-0.15, -0.1) is 0 Å². The summed E-state index contributed by atoms with van der Waals surface area (Å²) in [6, 6.07) is 1.41. The van der Waals surface area contributed by atoms with Crippen LogP contribution in [0.5, 0.6) is 0 Å². The van der Waals surface area contributed by atoms with Gasteiger partial charge in [0.25, 0.3) is 0 Å². The van der Waals surface area contributed by atoms with Crippen molar-refractivity contribution in [3.8, 4) is 0 Å². The molecule has 1 heterocycles. The molecule has 0 aromatic heterocycles. The zero-order valence-electron chi connectivity index (χ0n) is 13.8. The minimum Gasteiger partial charge on any atom is -0.316 e. The molecule has 1 N–H and O–H groups in total. The van der Waals surface area contributed by atoms with E-state index in [1.54, 1.807) is 0 Å². The van der Waals surface area contributed by atoms with E-state index >= 15 is 0 Å². The van der Waals surface area contributed by atoms with Gasteiger partial charge in [0.15, 0.2) is 0 Å². The Labute approximate surface area is 120 Å². The van der Waals surface area contributed by atoms with Crippen molar-refractivity contribution >= 4 is 0 Å². The summed E-state index contributed by atoms with van der Waals surface area (Å²) >= 11 is 0. The van der Waals surface area contributed by atoms with Gasteiger partial charge in [0.1, 0.15) is 0 Å². The summed E-state index contributed by atoms with van der Waals surface area (Å²) in [6.07, 6.45) is 3.81. The molecular weight excluding hydrogens is 234 g/mol. The lowest BCUT2D eigenvalue weighted by atomic mass is 9.99. The highest BCUT2D eigenvalue weighted by atomic mass is 15.2. The fourth-order valence-corrected chi connectivity index (χ4v) is 3.17. The van der Waals surface area contributed by atoms with Gasteiger partial charge in [0.05, 0.1) is 0 Å². The summed E-state index contributed by atoms with van der Waals surface area (Å²) in [5.74, 6) is 0.726. The van der Waals surface area contributed by atoms with Gasteiger partial charge in [-0.3, -0.25) is 4.90 Å². The largest absolute Gasteiger partial charge is 0.316 e. The molecule has 0 aliphatic carbocycles. The third-order valence-electron chi connectivity index (χ3n) is 4.66. The average molecular weight is 269 g/mol. The van der Waals surface area contributed by atoms with Crippen molar-refractivity contribution in [3.63, 3.8) is 0 Å². The van der Waals surface area contributed by atoms with Crippen molar-refractivity contribution < 1.29 is 0 Å². The Balaban J connectivity index is 2.53. The van der Waals surface area contributed by atoms with E-state index in [-0.39, 0.29) is 0 Å². The second-order valence-corrected chi connectivity index (χ2v) is 6.34. The van der Waals surface area contributed by atoms with Crippen LogP contribution >= 0.6 is 0 Å². The van der Waals surface area contributed by atoms with Gasteiger partial charge in [-0.1, -0.05) is 20.8 Å². The standard InChI is InChI=1S/C16H35N3/c1-6-9-17-12-14(3)15(4)19-11-8-10-18(5)13-16(19)7-2/h14-17H,6-13H2,1-5H3. The molecule has 3 atom stereocenters. The van der Waals surface area contributed by atoms with E-state index in [9.17, 15) is 0 Å². The Morgan fingerprint density at radius 1 is 1.21 bits per heavy atom. The molecule has 0 spiro atoms. The highest BCUT2D eigenvalue weighted by molar-refractivity contribution is 4.84. The zero-order valence-corrected chi connectivity index (χ0v) is 13.8. The van der Waals surface area contributed by atoms with Gasteiger partial charge >= 0.3 is 0 Å². The van der Waals surface area contributed by atoms with E-state index in [0.717, 1.165) is 25.0 Å². The predicted octanol–water partition coefficient (Wildman–Crippen LogP) is 2.43. The second-order valence-electron chi connectivity index (χ2n) is 6.34. The minimum absolute atomic E-state index is 0.681. The van der Waals surface area contributed by atoms with Gasteiger partial charge in [0, 0.05) is 18.6 Å². The van der Waals surface area contributed by atoms with Crippen LogP contribution in [0.1, 0.15) is 47.0 Å². The molecule has 0 bridgehead atoms. The highest BCUT2D eigenvalue weighted by Crippen LogP contribution is 2.19. The molecule has 1 rings (SSSR count). The summed E-state index contributed by atoms with van der Waals surface area (Å²) in [6.45, 7) is 15.4. The van der Waals surface area contributed by atoms with Crippen LogP contribution in [0.2, 0.25) is 0 Å². The first-order valence-corrected chi connectivity index (χ1v) is 8.25. The number of rotatable bonds is 7. The van der Waals surface area contributed by atoms with Crippen LogP contribution in [0.25, 0.3) is 0 Å². The molecule has 19 heavy (non-hydrogen) atoms. The smallest absolute Gasteiger partial charge is 0.0223 e. The Bertz CT molecular complexity index is 232. The molecule has 0 radical (unpaired) electrons. The molecular formula is C16H35N3. The van der Waals surface area contributed by atoms with E-state index in [0.29, 0.717) is 6.04 Å². The maximum atomic E-state index is 3.57. The van der Waals surface area contributed by atoms with Crippen molar-refractivity contribution in [2.75, 3.05) is 39.8 Å². The monoisotopic (exact) mass is 269 g/mol. The van der Waals surface area contributed by atoms with Crippen LogP contribution < -0.4 is 5.32 Å². The molecule has 0 saturated carbocycles. The van der Waals surface area contributed by atoms with Gasteiger partial charge in [-0.25, -0.2) is 0 Å². The number of nitrogens with zero attached hydrogens (tertiary/aromatic N) is 2. The van der Waals surface area contributed by atoms with Gasteiger partial charge < -0.3 is 10.2 Å². The van der Waals surface area contributed by atoms with Crippen molar-refractivity contribution in [2.24, 2.45) is 5.92 Å². The summed E-state index contributed by atoms with van der Waals surface area (Å²) < 4.78 is 0. The van der Waals surface area contributed by atoms with E-state index in [1.807, 2.05) is 0 Å². The number of hydrogen-bond acceptors (Lipinski definition) is 3. The molecule has 3 heteroatoms. The van der Waals surface area contributed by atoms with Crippen LogP contribution in [0.15, 0.2) is 0 Å². The predicted molar refractivity (Wildman–Crippen MR) is 84.7 cm³/mol. The first-order chi connectivity index (χ1) is 9.10.